The van der Waals surface area contributed by atoms with Crippen LogP contribution >= 0.6 is 0 Å². The molecule has 1 aromatic carbocycles. The maximum absolute atomic E-state index is 12.7. The van der Waals surface area contributed by atoms with Gasteiger partial charge in [0.1, 0.15) is 0 Å². The second-order valence-corrected chi connectivity index (χ2v) is 5.45. The summed E-state index contributed by atoms with van der Waals surface area (Å²) in [5.41, 5.74) is 0.0712. The van der Waals surface area contributed by atoms with Crippen molar-refractivity contribution in [2.75, 3.05) is 0 Å². The molecule has 2 aliphatic heterocycles. The molecule has 0 spiro atoms. The first-order valence-electron chi connectivity index (χ1n) is 6.45. The third-order valence-electron chi connectivity index (χ3n) is 4.22. The van der Waals surface area contributed by atoms with Crippen LogP contribution in [0.15, 0.2) is 24.3 Å². The third-order valence-corrected chi connectivity index (χ3v) is 4.22. The molecule has 1 aromatic rings. The SMILES string of the molecule is FC(F)(F)c1cccc(C23CCCCC(C2)N3)c1. The average Bonchev–Trinajstić information content (AvgIpc) is 2.60. The Morgan fingerprint density at radius 3 is 2.72 bits per heavy atom. The van der Waals surface area contributed by atoms with Gasteiger partial charge in [-0.25, -0.2) is 0 Å². The highest BCUT2D eigenvalue weighted by molar-refractivity contribution is 5.34. The van der Waals surface area contributed by atoms with Crippen molar-refractivity contribution in [2.24, 2.45) is 0 Å². The fourth-order valence-corrected chi connectivity index (χ4v) is 3.29. The van der Waals surface area contributed by atoms with Crippen molar-refractivity contribution in [1.29, 1.82) is 0 Å². The quantitative estimate of drug-likeness (QED) is 0.804. The van der Waals surface area contributed by atoms with Crippen LogP contribution in [0.3, 0.4) is 0 Å². The van der Waals surface area contributed by atoms with Crippen molar-refractivity contribution >= 4 is 0 Å². The number of hydrogen-bond acceptors (Lipinski definition) is 1. The van der Waals surface area contributed by atoms with E-state index in [1.165, 1.54) is 18.6 Å². The van der Waals surface area contributed by atoms with Crippen LogP contribution in [0.4, 0.5) is 13.2 Å². The van der Waals surface area contributed by atoms with E-state index in [0.717, 1.165) is 37.3 Å². The van der Waals surface area contributed by atoms with E-state index in [2.05, 4.69) is 5.32 Å². The molecule has 1 N–H and O–H groups in total. The van der Waals surface area contributed by atoms with Crippen molar-refractivity contribution in [3.63, 3.8) is 0 Å². The molecule has 1 saturated carbocycles. The zero-order valence-electron chi connectivity index (χ0n) is 10.1. The molecular weight excluding hydrogens is 239 g/mol. The Labute approximate surface area is 104 Å². The lowest BCUT2D eigenvalue weighted by molar-refractivity contribution is -0.137. The van der Waals surface area contributed by atoms with Gasteiger partial charge in [0.05, 0.1) is 5.56 Å². The first-order chi connectivity index (χ1) is 8.50. The Balaban J connectivity index is 1.93. The number of alkyl halides is 3. The Morgan fingerprint density at radius 1 is 1.22 bits per heavy atom. The number of fused-ring (bicyclic) bond motifs is 3. The van der Waals surface area contributed by atoms with E-state index in [-0.39, 0.29) is 5.54 Å². The first kappa shape index (κ1) is 12.0. The van der Waals surface area contributed by atoms with Gasteiger partial charge < -0.3 is 5.32 Å². The molecule has 0 radical (unpaired) electrons. The standard InChI is InChI=1S/C14H16F3N/c15-14(16,17)11-5-3-4-10(8-11)13-7-2-1-6-12(9-13)18-13/h3-5,8,12,18H,1-2,6-7,9H2. The fraction of sp³-hybridized carbons (Fsp3) is 0.571. The molecule has 4 rings (SSSR count). The molecule has 1 aliphatic carbocycles. The van der Waals surface area contributed by atoms with Crippen LogP contribution in [0.25, 0.3) is 0 Å². The highest BCUT2D eigenvalue weighted by Crippen LogP contribution is 2.45. The summed E-state index contributed by atoms with van der Waals surface area (Å²) in [5, 5.41) is 3.48. The largest absolute Gasteiger partial charge is 0.416 e. The van der Waals surface area contributed by atoms with Crippen LogP contribution in [-0.4, -0.2) is 6.04 Å². The third kappa shape index (κ3) is 1.92. The molecule has 18 heavy (non-hydrogen) atoms. The maximum atomic E-state index is 12.7. The second kappa shape index (κ2) is 3.98. The van der Waals surface area contributed by atoms with Crippen LogP contribution in [0.5, 0.6) is 0 Å². The van der Waals surface area contributed by atoms with Crippen LogP contribution in [-0.2, 0) is 11.7 Å². The number of halogens is 3. The van der Waals surface area contributed by atoms with Gasteiger partial charge in [-0.3, -0.25) is 0 Å². The Kier molecular flexibility index (Phi) is 2.66. The van der Waals surface area contributed by atoms with Crippen molar-refractivity contribution in [1.82, 2.24) is 5.32 Å². The van der Waals surface area contributed by atoms with Crippen LogP contribution in [0.2, 0.25) is 0 Å². The fourth-order valence-electron chi connectivity index (χ4n) is 3.29. The number of rotatable bonds is 1. The predicted molar refractivity (Wildman–Crippen MR) is 63.1 cm³/mol. The summed E-state index contributed by atoms with van der Waals surface area (Å²) in [6.07, 6.45) is 1.11. The summed E-state index contributed by atoms with van der Waals surface area (Å²) in [5.74, 6) is 0. The monoisotopic (exact) mass is 255 g/mol. The molecular formula is C14H16F3N. The van der Waals surface area contributed by atoms with Crippen molar-refractivity contribution in [2.45, 2.75) is 49.9 Å². The zero-order chi connectivity index (χ0) is 12.8. The molecule has 3 aliphatic rings. The summed E-state index contributed by atoms with van der Waals surface area (Å²) in [6.45, 7) is 0. The van der Waals surface area contributed by atoms with Crippen molar-refractivity contribution in [3.8, 4) is 0 Å². The second-order valence-electron chi connectivity index (χ2n) is 5.45. The van der Waals surface area contributed by atoms with Gasteiger partial charge in [-0.15, -0.1) is 0 Å². The summed E-state index contributed by atoms with van der Waals surface area (Å²) >= 11 is 0. The van der Waals surface area contributed by atoms with E-state index in [0.29, 0.717) is 6.04 Å². The highest BCUT2D eigenvalue weighted by Gasteiger charge is 2.46. The minimum Gasteiger partial charge on any atom is -0.304 e. The minimum absolute atomic E-state index is 0.192. The molecule has 2 saturated heterocycles. The smallest absolute Gasteiger partial charge is 0.304 e. The Bertz CT molecular complexity index is 441. The van der Waals surface area contributed by atoms with E-state index in [1.54, 1.807) is 0 Å². The summed E-state index contributed by atoms with van der Waals surface area (Å²) in [7, 11) is 0. The minimum atomic E-state index is -4.25. The molecule has 3 fully saturated rings. The maximum Gasteiger partial charge on any atom is 0.416 e. The molecule has 2 bridgehead atoms. The molecule has 2 atom stereocenters. The summed E-state index contributed by atoms with van der Waals surface area (Å²) in [6, 6.07) is 6.31. The molecule has 2 unspecified atom stereocenters. The molecule has 4 heteroatoms. The van der Waals surface area contributed by atoms with E-state index in [4.69, 9.17) is 0 Å². The van der Waals surface area contributed by atoms with Gasteiger partial charge in [0.25, 0.3) is 0 Å². The Morgan fingerprint density at radius 2 is 2.00 bits per heavy atom. The molecule has 1 nitrogen and oxygen atoms in total. The molecule has 98 valence electrons. The van der Waals surface area contributed by atoms with Crippen LogP contribution in [0, 0.1) is 0 Å². The number of hydrogen-bond donors (Lipinski definition) is 1. The van der Waals surface area contributed by atoms with Crippen LogP contribution in [0.1, 0.15) is 43.2 Å². The predicted octanol–water partition coefficient (Wildman–Crippen LogP) is 3.84. The van der Waals surface area contributed by atoms with Crippen molar-refractivity contribution in [3.05, 3.63) is 35.4 Å². The van der Waals surface area contributed by atoms with E-state index >= 15 is 0 Å². The van der Waals surface area contributed by atoms with Crippen LogP contribution < -0.4 is 5.32 Å². The van der Waals surface area contributed by atoms with Crippen molar-refractivity contribution < 1.29 is 13.2 Å². The average molecular weight is 255 g/mol. The van der Waals surface area contributed by atoms with Gasteiger partial charge >= 0.3 is 6.18 Å². The summed E-state index contributed by atoms with van der Waals surface area (Å²) < 4.78 is 38.2. The Hall–Kier alpha value is -1.03. The zero-order valence-corrected chi connectivity index (χ0v) is 10.1. The van der Waals surface area contributed by atoms with E-state index < -0.39 is 11.7 Å². The molecule has 2 heterocycles. The lowest BCUT2D eigenvalue weighted by Gasteiger charge is -2.48. The molecule has 0 aromatic heterocycles. The van der Waals surface area contributed by atoms with Gasteiger partial charge in [-0.05, 0) is 37.0 Å². The summed E-state index contributed by atoms with van der Waals surface area (Å²) in [4.78, 5) is 0. The van der Waals surface area contributed by atoms with E-state index in [9.17, 15) is 13.2 Å². The lowest BCUT2D eigenvalue weighted by Crippen LogP contribution is -2.59. The van der Waals surface area contributed by atoms with Gasteiger partial charge in [0, 0.05) is 11.6 Å². The number of benzene rings is 1. The lowest BCUT2D eigenvalue weighted by atomic mass is 9.74. The first-order valence-corrected chi connectivity index (χ1v) is 6.45. The highest BCUT2D eigenvalue weighted by atomic mass is 19.4. The number of nitrogens with one attached hydrogen (secondary N) is 1. The topological polar surface area (TPSA) is 12.0 Å². The van der Waals surface area contributed by atoms with E-state index in [1.807, 2.05) is 6.07 Å². The normalized spacial score (nSPS) is 31.6. The molecule has 0 amide bonds. The van der Waals surface area contributed by atoms with Gasteiger partial charge in [-0.2, -0.15) is 13.2 Å². The van der Waals surface area contributed by atoms with Gasteiger partial charge in [0.2, 0.25) is 0 Å². The van der Waals surface area contributed by atoms with Gasteiger partial charge in [-0.1, -0.05) is 25.0 Å². The van der Waals surface area contributed by atoms with Gasteiger partial charge in [0.15, 0.2) is 0 Å².